The van der Waals surface area contributed by atoms with E-state index in [1.807, 2.05) is 26.0 Å². The molecule has 0 N–H and O–H groups in total. The lowest BCUT2D eigenvalue weighted by Gasteiger charge is -2.06. The molecule has 16 heavy (non-hydrogen) atoms. The Hall–Kier alpha value is -1.35. The molecular formula is C12H12ClFN2. The summed E-state index contributed by atoms with van der Waals surface area (Å²) < 4.78 is 15.1. The molecule has 0 saturated carbocycles. The van der Waals surface area contributed by atoms with Gasteiger partial charge in [-0.05, 0) is 43.7 Å². The van der Waals surface area contributed by atoms with Crippen molar-refractivity contribution in [2.24, 2.45) is 0 Å². The maximum atomic E-state index is 13.3. The lowest BCUT2D eigenvalue weighted by atomic mass is 10.2. The van der Waals surface area contributed by atoms with Gasteiger partial charge in [0.25, 0.3) is 0 Å². The smallest absolute Gasteiger partial charge is 0.125 e. The second-order valence-corrected chi connectivity index (χ2v) is 4.06. The minimum atomic E-state index is -0.291. The van der Waals surface area contributed by atoms with Crippen molar-refractivity contribution >= 4 is 11.6 Å². The molecule has 84 valence electrons. The number of alkyl halides is 1. The summed E-state index contributed by atoms with van der Waals surface area (Å²) in [4.78, 5) is 0. The molecule has 0 saturated heterocycles. The summed E-state index contributed by atoms with van der Waals surface area (Å²) in [5.74, 6) is 0.00468. The number of nitrogens with zero attached hydrogens (tertiary/aromatic N) is 2. The fourth-order valence-electron chi connectivity index (χ4n) is 1.72. The van der Waals surface area contributed by atoms with Gasteiger partial charge in [-0.25, -0.2) is 9.07 Å². The molecule has 2 nitrogen and oxygen atoms in total. The molecule has 0 unspecified atom stereocenters. The number of aryl methyl sites for hydroxylation is 2. The average molecular weight is 239 g/mol. The van der Waals surface area contributed by atoms with Crippen LogP contribution in [0.25, 0.3) is 5.69 Å². The third-order valence-electron chi connectivity index (χ3n) is 2.35. The molecule has 0 bridgehead atoms. The van der Waals surface area contributed by atoms with Gasteiger partial charge < -0.3 is 0 Å². The third-order valence-corrected chi connectivity index (χ3v) is 2.66. The van der Waals surface area contributed by atoms with Crippen molar-refractivity contribution < 1.29 is 4.39 Å². The second-order valence-electron chi connectivity index (χ2n) is 3.79. The van der Waals surface area contributed by atoms with Crippen LogP contribution < -0.4 is 0 Å². The van der Waals surface area contributed by atoms with Gasteiger partial charge in [0.05, 0.1) is 11.4 Å². The van der Waals surface area contributed by atoms with E-state index >= 15 is 0 Å². The number of hydrogen-bond acceptors (Lipinski definition) is 1. The molecule has 0 aliphatic carbocycles. The highest BCUT2D eigenvalue weighted by atomic mass is 35.5. The standard InChI is InChI=1S/C12H12ClFN2/c1-8-3-9(2)16(15-8)12-5-10(7-13)4-11(14)6-12/h3-6H,7H2,1-2H3. The van der Waals surface area contributed by atoms with Crippen molar-refractivity contribution in [1.29, 1.82) is 0 Å². The van der Waals surface area contributed by atoms with Gasteiger partial charge in [-0.1, -0.05) is 0 Å². The number of halogens is 2. The van der Waals surface area contributed by atoms with Gasteiger partial charge in [0, 0.05) is 11.6 Å². The highest BCUT2D eigenvalue weighted by Crippen LogP contribution is 2.17. The quantitative estimate of drug-likeness (QED) is 0.734. The summed E-state index contributed by atoms with van der Waals surface area (Å²) in [5.41, 5.74) is 3.35. The molecule has 0 aliphatic heterocycles. The molecule has 0 atom stereocenters. The Bertz CT molecular complexity index is 520. The fraction of sp³-hybridized carbons (Fsp3) is 0.250. The van der Waals surface area contributed by atoms with Crippen LogP contribution in [-0.4, -0.2) is 9.78 Å². The van der Waals surface area contributed by atoms with E-state index in [1.165, 1.54) is 12.1 Å². The lowest BCUT2D eigenvalue weighted by molar-refractivity contribution is 0.623. The number of aromatic nitrogens is 2. The number of rotatable bonds is 2. The molecule has 4 heteroatoms. The van der Waals surface area contributed by atoms with Crippen LogP contribution in [0.15, 0.2) is 24.3 Å². The van der Waals surface area contributed by atoms with Gasteiger partial charge in [-0.15, -0.1) is 11.6 Å². The fourth-order valence-corrected chi connectivity index (χ4v) is 1.88. The van der Waals surface area contributed by atoms with Crippen LogP contribution in [0.5, 0.6) is 0 Å². The summed E-state index contributed by atoms with van der Waals surface area (Å²) in [6.45, 7) is 3.84. The van der Waals surface area contributed by atoms with Crippen molar-refractivity contribution in [3.63, 3.8) is 0 Å². The summed E-state index contributed by atoms with van der Waals surface area (Å²) in [6, 6.07) is 6.68. The molecule has 2 rings (SSSR count). The first-order chi connectivity index (χ1) is 7.60. The van der Waals surface area contributed by atoms with Gasteiger partial charge >= 0.3 is 0 Å². The van der Waals surface area contributed by atoms with E-state index < -0.39 is 0 Å². The van der Waals surface area contributed by atoms with E-state index in [2.05, 4.69) is 5.10 Å². The molecule has 0 radical (unpaired) electrons. The monoisotopic (exact) mass is 238 g/mol. The minimum absolute atomic E-state index is 0.291. The first kappa shape index (κ1) is 11.1. The summed E-state index contributed by atoms with van der Waals surface area (Å²) in [7, 11) is 0. The number of hydrogen-bond donors (Lipinski definition) is 0. The van der Waals surface area contributed by atoms with Crippen molar-refractivity contribution in [2.75, 3.05) is 0 Å². The van der Waals surface area contributed by atoms with E-state index in [4.69, 9.17) is 11.6 Å². The van der Waals surface area contributed by atoms with Gasteiger partial charge in [0.2, 0.25) is 0 Å². The SMILES string of the molecule is Cc1cc(C)n(-c2cc(F)cc(CCl)c2)n1. The van der Waals surface area contributed by atoms with Crippen LogP contribution >= 0.6 is 11.6 Å². The van der Waals surface area contributed by atoms with Crippen LogP contribution in [0.1, 0.15) is 17.0 Å². The first-order valence-electron chi connectivity index (χ1n) is 4.99. The van der Waals surface area contributed by atoms with Crippen molar-refractivity contribution in [3.8, 4) is 5.69 Å². The van der Waals surface area contributed by atoms with E-state index in [9.17, 15) is 4.39 Å². The van der Waals surface area contributed by atoms with Crippen LogP contribution in [0.3, 0.4) is 0 Å². The first-order valence-corrected chi connectivity index (χ1v) is 5.52. The lowest BCUT2D eigenvalue weighted by Crippen LogP contribution is -2.00. The normalized spacial score (nSPS) is 10.8. The molecule has 1 aromatic heterocycles. The van der Waals surface area contributed by atoms with Crippen LogP contribution in [0.2, 0.25) is 0 Å². The Balaban J connectivity index is 2.55. The third kappa shape index (κ3) is 2.09. The van der Waals surface area contributed by atoms with Crippen LogP contribution in [0.4, 0.5) is 4.39 Å². The molecule has 0 amide bonds. The van der Waals surface area contributed by atoms with E-state index in [0.717, 1.165) is 17.0 Å². The summed E-state index contributed by atoms with van der Waals surface area (Å²) in [5, 5.41) is 4.30. The molecule has 0 aliphatic rings. The van der Waals surface area contributed by atoms with Crippen molar-refractivity contribution in [3.05, 3.63) is 47.0 Å². The van der Waals surface area contributed by atoms with Crippen molar-refractivity contribution in [1.82, 2.24) is 9.78 Å². The van der Waals surface area contributed by atoms with Gasteiger partial charge in [-0.2, -0.15) is 5.10 Å². The predicted octanol–water partition coefficient (Wildman–Crippen LogP) is 3.37. The van der Waals surface area contributed by atoms with E-state index in [1.54, 1.807) is 4.68 Å². The van der Waals surface area contributed by atoms with E-state index in [0.29, 0.717) is 11.6 Å². The highest BCUT2D eigenvalue weighted by molar-refractivity contribution is 6.17. The molecule has 1 aromatic carbocycles. The highest BCUT2D eigenvalue weighted by Gasteiger charge is 2.06. The van der Waals surface area contributed by atoms with Gasteiger partial charge in [-0.3, -0.25) is 0 Å². The maximum Gasteiger partial charge on any atom is 0.125 e. The Morgan fingerprint density at radius 3 is 2.56 bits per heavy atom. The van der Waals surface area contributed by atoms with Gasteiger partial charge in [0.15, 0.2) is 0 Å². The Morgan fingerprint density at radius 2 is 2.00 bits per heavy atom. The molecule has 0 fully saturated rings. The molecular weight excluding hydrogens is 227 g/mol. The Morgan fingerprint density at radius 1 is 1.25 bits per heavy atom. The molecule has 0 spiro atoms. The van der Waals surface area contributed by atoms with Gasteiger partial charge in [0.1, 0.15) is 5.82 Å². The zero-order chi connectivity index (χ0) is 11.7. The summed E-state index contributed by atoms with van der Waals surface area (Å²) >= 11 is 5.71. The molecule has 1 heterocycles. The zero-order valence-corrected chi connectivity index (χ0v) is 9.92. The Labute approximate surface area is 98.7 Å². The maximum absolute atomic E-state index is 13.3. The number of benzene rings is 1. The van der Waals surface area contributed by atoms with Crippen LogP contribution in [0, 0.1) is 19.7 Å². The topological polar surface area (TPSA) is 17.8 Å². The average Bonchev–Trinajstić information content (AvgIpc) is 2.57. The molecule has 2 aromatic rings. The predicted molar refractivity (Wildman–Crippen MR) is 62.6 cm³/mol. The summed E-state index contributed by atoms with van der Waals surface area (Å²) in [6.07, 6.45) is 0. The van der Waals surface area contributed by atoms with Crippen LogP contribution in [-0.2, 0) is 5.88 Å². The minimum Gasteiger partial charge on any atom is -0.238 e. The van der Waals surface area contributed by atoms with E-state index in [-0.39, 0.29) is 5.82 Å². The Kier molecular flexibility index (Phi) is 2.97. The zero-order valence-electron chi connectivity index (χ0n) is 9.17. The largest absolute Gasteiger partial charge is 0.238 e. The second kappa shape index (κ2) is 4.26. The van der Waals surface area contributed by atoms with Crippen molar-refractivity contribution in [2.45, 2.75) is 19.7 Å².